The molecule has 4 nitrogen and oxygen atoms in total. The van der Waals surface area contributed by atoms with Crippen LogP contribution in [0, 0.1) is 16.7 Å². The third-order valence-corrected chi connectivity index (χ3v) is 5.47. The van der Waals surface area contributed by atoms with Crippen LogP contribution in [0.2, 0.25) is 0 Å². The molecule has 0 aromatic carbocycles. The Morgan fingerprint density at radius 3 is 2.41 bits per heavy atom. The van der Waals surface area contributed by atoms with Gasteiger partial charge in [-0.3, -0.25) is 0 Å². The molecule has 0 spiro atoms. The molecule has 2 saturated heterocycles. The molecule has 4 heteroatoms. The molecule has 3 unspecified atom stereocenters. The lowest BCUT2D eigenvalue weighted by Gasteiger charge is -2.55. The summed E-state index contributed by atoms with van der Waals surface area (Å²) in [6.45, 7) is 17.8. The molecule has 22 heavy (non-hydrogen) atoms. The number of carbonyl (C=O) groups is 1. The molecule has 2 heterocycles. The van der Waals surface area contributed by atoms with Gasteiger partial charge in [-0.2, -0.15) is 0 Å². The molecular weight excluding hydrogens is 276 g/mol. The first kappa shape index (κ1) is 17.6. The Morgan fingerprint density at radius 2 is 1.95 bits per heavy atom. The van der Waals surface area contributed by atoms with Crippen molar-refractivity contribution >= 4 is 6.09 Å². The topological polar surface area (TPSA) is 41.6 Å². The quantitative estimate of drug-likeness (QED) is 0.803. The van der Waals surface area contributed by atoms with Gasteiger partial charge in [0.1, 0.15) is 5.60 Å². The third kappa shape index (κ3) is 3.76. The van der Waals surface area contributed by atoms with Crippen molar-refractivity contribution in [2.45, 2.75) is 73.0 Å². The molecule has 2 aliphatic heterocycles. The maximum absolute atomic E-state index is 12.6. The van der Waals surface area contributed by atoms with Gasteiger partial charge in [0.25, 0.3) is 0 Å². The zero-order chi connectivity index (χ0) is 16.8. The summed E-state index contributed by atoms with van der Waals surface area (Å²) >= 11 is 0. The summed E-state index contributed by atoms with van der Waals surface area (Å²) in [7, 11) is 0. The van der Waals surface area contributed by atoms with Gasteiger partial charge in [0.05, 0.1) is 0 Å². The van der Waals surface area contributed by atoms with Crippen LogP contribution in [-0.4, -0.2) is 42.3 Å². The van der Waals surface area contributed by atoms with E-state index in [2.05, 4.69) is 33.0 Å². The molecule has 2 fully saturated rings. The summed E-state index contributed by atoms with van der Waals surface area (Å²) in [6, 6.07) is 0.406. The van der Waals surface area contributed by atoms with Crippen molar-refractivity contribution in [3.63, 3.8) is 0 Å². The molecule has 0 aliphatic carbocycles. The molecular formula is C18H34N2O2. The second kappa shape index (κ2) is 5.70. The van der Waals surface area contributed by atoms with E-state index >= 15 is 0 Å². The van der Waals surface area contributed by atoms with E-state index in [0.29, 0.717) is 17.4 Å². The van der Waals surface area contributed by atoms with E-state index in [0.717, 1.165) is 32.5 Å². The van der Waals surface area contributed by atoms with Crippen LogP contribution in [0.3, 0.4) is 0 Å². The van der Waals surface area contributed by atoms with E-state index < -0.39 is 5.60 Å². The second-order valence-corrected chi connectivity index (χ2v) is 9.31. The molecule has 0 aromatic heterocycles. The summed E-state index contributed by atoms with van der Waals surface area (Å²) in [5, 5.41) is 3.51. The Kier molecular flexibility index (Phi) is 4.55. The van der Waals surface area contributed by atoms with Crippen molar-refractivity contribution < 1.29 is 9.53 Å². The highest BCUT2D eigenvalue weighted by Gasteiger charge is 2.48. The molecule has 0 saturated carbocycles. The third-order valence-electron chi connectivity index (χ3n) is 5.47. The van der Waals surface area contributed by atoms with Crippen molar-refractivity contribution in [2.24, 2.45) is 16.7 Å². The molecule has 0 radical (unpaired) electrons. The fourth-order valence-corrected chi connectivity index (χ4v) is 4.17. The lowest BCUT2D eigenvalue weighted by Crippen LogP contribution is -2.66. The lowest BCUT2D eigenvalue weighted by molar-refractivity contribution is -0.0361. The highest BCUT2D eigenvalue weighted by atomic mass is 16.6. The number of amides is 1. The fourth-order valence-electron chi connectivity index (χ4n) is 4.17. The van der Waals surface area contributed by atoms with Crippen LogP contribution in [0.25, 0.3) is 0 Å². The Labute approximate surface area is 136 Å². The summed E-state index contributed by atoms with van der Waals surface area (Å²) < 4.78 is 5.63. The number of nitrogens with one attached hydrogen (secondary N) is 1. The van der Waals surface area contributed by atoms with Gasteiger partial charge in [0, 0.05) is 25.7 Å². The van der Waals surface area contributed by atoms with E-state index in [1.54, 1.807) is 0 Å². The van der Waals surface area contributed by atoms with E-state index in [1.807, 2.05) is 25.7 Å². The fraction of sp³-hybridized carbons (Fsp3) is 0.944. The first-order valence-electron chi connectivity index (χ1n) is 8.67. The minimum Gasteiger partial charge on any atom is -0.444 e. The van der Waals surface area contributed by atoms with Crippen LogP contribution >= 0.6 is 0 Å². The number of nitrogens with zero attached hydrogens (tertiary/aromatic N) is 1. The Morgan fingerprint density at radius 1 is 1.32 bits per heavy atom. The van der Waals surface area contributed by atoms with Gasteiger partial charge in [-0.05, 0) is 50.4 Å². The van der Waals surface area contributed by atoms with Crippen LogP contribution in [-0.2, 0) is 4.74 Å². The van der Waals surface area contributed by atoms with E-state index in [4.69, 9.17) is 4.74 Å². The monoisotopic (exact) mass is 310 g/mol. The van der Waals surface area contributed by atoms with Crippen molar-refractivity contribution in [3.05, 3.63) is 0 Å². The van der Waals surface area contributed by atoms with Gasteiger partial charge in [-0.15, -0.1) is 0 Å². The van der Waals surface area contributed by atoms with Crippen LogP contribution < -0.4 is 5.32 Å². The molecule has 2 aliphatic rings. The Hall–Kier alpha value is -0.770. The van der Waals surface area contributed by atoms with Gasteiger partial charge < -0.3 is 15.0 Å². The summed E-state index contributed by atoms with van der Waals surface area (Å²) in [6.07, 6.45) is 2.07. The van der Waals surface area contributed by atoms with Crippen LogP contribution in [0.1, 0.15) is 61.3 Å². The van der Waals surface area contributed by atoms with Crippen molar-refractivity contribution in [1.82, 2.24) is 10.2 Å². The van der Waals surface area contributed by atoms with Crippen LogP contribution in [0.5, 0.6) is 0 Å². The number of likely N-dealkylation sites (tertiary alicyclic amines) is 1. The second-order valence-electron chi connectivity index (χ2n) is 9.31. The predicted molar refractivity (Wildman–Crippen MR) is 89.9 cm³/mol. The highest BCUT2D eigenvalue weighted by Crippen LogP contribution is 2.46. The van der Waals surface area contributed by atoms with E-state index in [9.17, 15) is 4.79 Å². The first-order valence-corrected chi connectivity index (χ1v) is 8.67. The Balaban J connectivity index is 2.20. The zero-order valence-electron chi connectivity index (χ0n) is 15.5. The molecule has 1 N–H and O–H groups in total. The summed E-state index contributed by atoms with van der Waals surface area (Å²) in [4.78, 5) is 14.5. The molecule has 1 amide bonds. The SMILES string of the molecule is CCC1(C)CN(C(=O)OC(C)(C)C)CC2NCC2C(C)(C)C1. The van der Waals surface area contributed by atoms with Gasteiger partial charge in [0.15, 0.2) is 0 Å². The standard InChI is InChI=1S/C18H34N2O2/c1-8-18(7)11-17(5,6)13-9-19-14(13)10-20(12-18)15(21)22-16(2,3)4/h13-14,19H,8-12H2,1-7H3. The van der Waals surface area contributed by atoms with Crippen molar-refractivity contribution in [2.75, 3.05) is 19.6 Å². The van der Waals surface area contributed by atoms with E-state index in [-0.39, 0.29) is 11.5 Å². The van der Waals surface area contributed by atoms with E-state index in [1.165, 1.54) is 0 Å². The number of hydrogen-bond donors (Lipinski definition) is 1. The first-order chi connectivity index (χ1) is 9.96. The largest absolute Gasteiger partial charge is 0.444 e. The van der Waals surface area contributed by atoms with Gasteiger partial charge in [-0.1, -0.05) is 27.7 Å². The number of hydrogen-bond acceptors (Lipinski definition) is 3. The average molecular weight is 310 g/mol. The summed E-state index contributed by atoms with van der Waals surface area (Å²) in [5.74, 6) is 0.642. The van der Waals surface area contributed by atoms with Crippen LogP contribution in [0.4, 0.5) is 4.79 Å². The molecule has 128 valence electrons. The van der Waals surface area contributed by atoms with Crippen molar-refractivity contribution in [1.29, 1.82) is 0 Å². The average Bonchev–Trinajstić information content (AvgIpc) is 2.28. The molecule has 0 aromatic rings. The maximum Gasteiger partial charge on any atom is 0.410 e. The maximum atomic E-state index is 12.6. The molecule has 2 rings (SSSR count). The van der Waals surface area contributed by atoms with Gasteiger partial charge in [-0.25, -0.2) is 4.79 Å². The number of fused-ring (bicyclic) bond motifs is 1. The summed E-state index contributed by atoms with van der Waals surface area (Å²) in [5.41, 5.74) is 0.0371. The Bertz CT molecular complexity index is 427. The van der Waals surface area contributed by atoms with Gasteiger partial charge in [0.2, 0.25) is 0 Å². The predicted octanol–water partition coefficient (Wildman–Crippen LogP) is 3.66. The normalized spacial score (nSPS) is 35.0. The number of carbonyl (C=O) groups excluding carboxylic acids is 1. The number of rotatable bonds is 1. The number of ether oxygens (including phenoxy) is 1. The lowest BCUT2D eigenvalue weighted by atomic mass is 9.61. The minimum atomic E-state index is -0.437. The van der Waals surface area contributed by atoms with Crippen LogP contribution in [0.15, 0.2) is 0 Å². The smallest absolute Gasteiger partial charge is 0.410 e. The van der Waals surface area contributed by atoms with Gasteiger partial charge >= 0.3 is 6.09 Å². The molecule has 0 bridgehead atoms. The highest BCUT2D eigenvalue weighted by molar-refractivity contribution is 5.68. The van der Waals surface area contributed by atoms with Crippen molar-refractivity contribution in [3.8, 4) is 0 Å². The molecule has 3 atom stereocenters. The minimum absolute atomic E-state index is 0.154. The zero-order valence-corrected chi connectivity index (χ0v) is 15.5.